The molecule has 3 N–H and O–H groups in total. The average Bonchev–Trinajstić information content (AvgIpc) is 2.34. The van der Waals surface area contributed by atoms with E-state index in [4.69, 9.17) is 12.2 Å². The van der Waals surface area contributed by atoms with Crippen molar-refractivity contribution in [1.29, 1.82) is 0 Å². The molecule has 0 aromatic carbocycles. The summed E-state index contributed by atoms with van der Waals surface area (Å²) >= 11 is 4.95. The number of hydrogen-bond donors (Lipinski definition) is 3. The highest BCUT2D eigenvalue weighted by molar-refractivity contribution is 7.80. The van der Waals surface area contributed by atoms with Crippen molar-refractivity contribution in [2.75, 3.05) is 20.1 Å². The number of nitrogens with zero attached hydrogens (tertiary/aromatic N) is 2. The van der Waals surface area contributed by atoms with Gasteiger partial charge >= 0.3 is 0 Å². The summed E-state index contributed by atoms with van der Waals surface area (Å²) in [7, 11) is 1.81. The van der Waals surface area contributed by atoms with Gasteiger partial charge in [-0.2, -0.15) is 10.2 Å². The van der Waals surface area contributed by atoms with Crippen LogP contribution in [0.25, 0.3) is 0 Å². The van der Waals surface area contributed by atoms with Crippen molar-refractivity contribution in [2.24, 2.45) is 0 Å². The maximum absolute atomic E-state index is 4.95. The summed E-state index contributed by atoms with van der Waals surface area (Å²) in [4.78, 5) is 0. The van der Waals surface area contributed by atoms with Gasteiger partial charge in [-0.1, -0.05) is 0 Å². The van der Waals surface area contributed by atoms with Crippen LogP contribution in [0.4, 0.5) is 0 Å². The smallest absolute Gasteiger partial charge is 0.166 e. The van der Waals surface area contributed by atoms with Gasteiger partial charge in [-0.05, 0) is 37.3 Å². The van der Waals surface area contributed by atoms with E-state index in [-0.39, 0.29) is 0 Å². The van der Waals surface area contributed by atoms with Crippen LogP contribution in [0.3, 0.4) is 0 Å². The van der Waals surface area contributed by atoms with Gasteiger partial charge in [0, 0.05) is 26.3 Å². The van der Waals surface area contributed by atoms with Gasteiger partial charge in [0.05, 0.1) is 5.69 Å². The van der Waals surface area contributed by atoms with Crippen LogP contribution >= 0.6 is 12.2 Å². The van der Waals surface area contributed by atoms with Crippen LogP contribution in [-0.4, -0.2) is 35.4 Å². The molecule has 0 aliphatic carbocycles. The molecule has 5 nitrogen and oxygen atoms in total. The van der Waals surface area contributed by atoms with E-state index in [1.807, 2.05) is 19.2 Å². The third-order valence-electron chi connectivity index (χ3n) is 1.98. The molecule has 0 fully saturated rings. The lowest BCUT2D eigenvalue weighted by atomic mass is 10.3. The summed E-state index contributed by atoms with van der Waals surface area (Å²) in [6.45, 7) is 2.55. The predicted molar refractivity (Wildman–Crippen MR) is 68.0 cm³/mol. The second-order valence-electron chi connectivity index (χ2n) is 3.25. The van der Waals surface area contributed by atoms with Gasteiger partial charge in [-0.15, -0.1) is 0 Å². The Morgan fingerprint density at radius 1 is 1.44 bits per heavy atom. The number of rotatable bonds is 6. The lowest BCUT2D eigenvalue weighted by Crippen LogP contribution is -2.34. The Labute approximate surface area is 101 Å². The Morgan fingerprint density at radius 3 is 3.00 bits per heavy atom. The highest BCUT2D eigenvalue weighted by Crippen LogP contribution is 1.89. The Kier molecular flexibility index (Phi) is 6.36. The van der Waals surface area contributed by atoms with Crippen molar-refractivity contribution >= 4 is 17.3 Å². The van der Waals surface area contributed by atoms with Crippen molar-refractivity contribution in [3.8, 4) is 0 Å². The number of thiocarbonyl (C=S) groups is 1. The molecule has 0 atom stereocenters. The van der Waals surface area contributed by atoms with Crippen LogP contribution in [0.5, 0.6) is 0 Å². The standard InChI is InChI=1S/C10H17N5S/c1-11-10(16)13-6-3-5-12-8-9-4-2-7-14-15-9/h2,4,7,12H,3,5-6,8H2,1H3,(H2,11,13,16). The second-order valence-corrected chi connectivity index (χ2v) is 3.66. The fraction of sp³-hybridized carbons (Fsp3) is 0.500. The van der Waals surface area contributed by atoms with Crippen molar-refractivity contribution in [3.05, 3.63) is 24.0 Å². The SMILES string of the molecule is CNC(=S)NCCCNCc1cccnn1. The summed E-state index contributed by atoms with van der Waals surface area (Å²) in [5.74, 6) is 0. The van der Waals surface area contributed by atoms with Gasteiger partial charge in [0.1, 0.15) is 0 Å². The lowest BCUT2D eigenvalue weighted by molar-refractivity contribution is 0.627. The first-order valence-electron chi connectivity index (χ1n) is 5.26. The first kappa shape index (κ1) is 12.8. The minimum absolute atomic E-state index is 0.689. The number of nitrogens with one attached hydrogen (secondary N) is 3. The van der Waals surface area contributed by atoms with Crippen LogP contribution in [0, 0.1) is 0 Å². The van der Waals surface area contributed by atoms with E-state index in [0.717, 1.165) is 31.7 Å². The van der Waals surface area contributed by atoms with E-state index in [0.29, 0.717) is 5.11 Å². The highest BCUT2D eigenvalue weighted by atomic mass is 32.1. The van der Waals surface area contributed by atoms with Crippen LogP contribution in [-0.2, 0) is 6.54 Å². The summed E-state index contributed by atoms with van der Waals surface area (Å²) in [6, 6.07) is 3.84. The molecule has 0 unspecified atom stereocenters. The van der Waals surface area contributed by atoms with E-state index in [2.05, 4.69) is 26.1 Å². The Balaban J connectivity index is 1.98. The molecule has 1 aromatic heterocycles. The zero-order chi connectivity index (χ0) is 11.6. The quantitative estimate of drug-likeness (QED) is 0.482. The Hall–Kier alpha value is -1.27. The van der Waals surface area contributed by atoms with Gasteiger partial charge in [-0.25, -0.2) is 0 Å². The normalized spacial score (nSPS) is 9.81. The first-order chi connectivity index (χ1) is 7.83. The van der Waals surface area contributed by atoms with Crippen molar-refractivity contribution in [2.45, 2.75) is 13.0 Å². The summed E-state index contributed by atoms with van der Waals surface area (Å²) < 4.78 is 0. The summed E-state index contributed by atoms with van der Waals surface area (Å²) in [5.41, 5.74) is 0.959. The van der Waals surface area contributed by atoms with E-state index < -0.39 is 0 Å². The van der Waals surface area contributed by atoms with E-state index in [1.54, 1.807) is 6.20 Å². The Morgan fingerprint density at radius 2 is 2.31 bits per heavy atom. The minimum atomic E-state index is 0.689. The molecule has 1 rings (SSSR count). The predicted octanol–water partition coefficient (Wildman–Crippen LogP) is 0.0502. The van der Waals surface area contributed by atoms with Crippen molar-refractivity contribution in [3.63, 3.8) is 0 Å². The van der Waals surface area contributed by atoms with Gasteiger partial charge in [0.25, 0.3) is 0 Å². The summed E-state index contributed by atoms with van der Waals surface area (Å²) in [5, 5.41) is 17.7. The molecule has 1 heterocycles. The highest BCUT2D eigenvalue weighted by Gasteiger charge is 1.93. The fourth-order valence-electron chi connectivity index (χ4n) is 1.15. The average molecular weight is 239 g/mol. The first-order valence-corrected chi connectivity index (χ1v) is 5.66. The van der Waals surface area contributed by atoms with E-state index >= 15 is 0 Å². The van der Waals surface area contributed by atoms with Gasteiger partial charge in [0.2, 0.25) is 0 Å². The van der Waals surface area contributed by atoms with Crippen LogP contribution in [0.15, 0.2) is 18.3 Å². The molecule has 0 aliphatic heterocycles. The molecule has 0 aliphatic rings. The van der Waals surface area contributed by atoms with Crippen LogP contribution in [0.2, 0.25) is 0 Å². The minimum Gasteiger partial charge on any atom is -0.366 e. The molecule has 0 spiro atoms. The third-order valence-corrected chi connectivity index (χ3v) is 2.33. The zero-order valence-electron chi connectivity index (χ0n) is 9.36. The second kappa shape index (κ2) is 7.95. The molecule has 6 heteroatoms. The maximum Gasteiger partial charge on any atom is 0.166 e. The molecule has 88 valence electrons. The zero-order valence-corrected chi connectivity index (χ0v) is 10.2. The topological polar surface area (TPSA) is 61.9 Å². The van der Waals surface area contributed by atoms with Crippen LogP contribution in [0.1, 0.15) is 12.1 Å². The molecule has 0 saturated heterocycles. The van der Waals surface area contributed by atoms with Gasteiger partial charge in [-0.3, -0.25) is 0 Å². The fourth-order valence-corrected chi connectivity index (χ4v) is 1.25. The van der Waals surface area contributed by atoms with Gasteiger partial charge in [0.15, 0.2) is 5.11 Å². The molecule has 16 heavy (non-hydrogen) atoms. The van der Waals surface area contributed by atoms with Gasteiger partial charge < -0.3 is 16.0 Å². The molecular formula is C10H17N5S. The monoisotopic (exact) mass is 239 g/mol. The maximum atomic E-state index is 4.95. The molecule has 0 bridgehead atoms. The van der Waals surface area contributed by atoms with Crippen molar-refractivity contribution < 1.29 is 0 Å². The van der Waals surface area contributed by atoms with E-state index in [9.17, 15) is 0 Å². The Bertz CT molecular complexity index is 303. The van der Waals surface area contributed by atoms with Crippen LogP contribution < -0.4 is 16.0 Å². The van der Waals surface area contributed by atoms with Crippen molar-refractivity contribution in [1.82, 2.24) is 26.1 Å². The molecular weight excluding hydrogens is 222 g/mol. The largest absolute Gasteiger partial charge is 0.366 e. The van der Waals surface area contributed by atoms with E-state index in [1.165, 1.54) is 0 Å². The molecule has 0 saturated carbocycles. The molecule has 0 amide bonds. The molecule has 1 aromatic rings. The number of hydrogen-bond acceptors (Lipinski definition) is 4. The third kappa shape index (κ3) is 5.57. The summed E-state index contributed by atoms with van der Waals surface area (Å²) in [6.07, 6.45) is 2.69. The lowest BCUT2D eigenvalue weighted by Gasteiger charge is -2.07. The number of aromatic nitrogens is 2. The molecule has 0 radical (unpaired) electrons.